The van der Waals surface area contributed by atoms with Gasteiger partial charge in [0.1, 0.15) is 6.04 Å². The highest BCUT2D eigenvalue weighted by molar-refractivity contribution is 7.19. The summed E-state index contributed by atoms with van der Waals surface area (Å²) in [5, 5.41) is 2.88. The molecule has 19 heavy (non-hydrogen) atoms. The SMILES string of the molecule is [CH3][Al][O]N1C(=O)N2Cc3c(sc4ccccc34)[C@@H]1C2. The van der Waals surface area contributed by atoms with Gasteiger partial charge in [-0.3, -0.25) is 0 Å². The van der Waals surface area contributed by atoms with Gasteiger partial charge in [0, 0.05) is 16.1 Å². The Balaban J connectivity index is 1.88. The fourth-order valence-corrected chi connectivity index (χ4v) is 4.68. The summed E-state index contributed by atoms with van der Waals surface area (Å²) >= 11 is 1.63. The molecule has 4 nitrogen and oxygen atoms in total. The average Bonchev–Trinajstić information content (AvgIpc) is 2.92. The molecule has 1 atom stereocenters. The lowest BCUT2D eigenvalue weighted by molar-refractivity contribution is -0.0242. The zero-order valence-corrected chi connectivity index (χ0v) is 12.5. The summed E-state index contributed by atoms with van der Waals surface area (Å²) in [6, 6.07) is 8.54. The maximum Gasteiger partial charge on any atom is 0.465 e. The highest BCUT2D eigenvalue weighted by Gasteiger charge is 2.44. The van der Waals surface area contributed by atoms with Gasteiger partial charge in [-0.15, -0.1) is 11.3 Å². The van der Waals surface area contributed by atoms with Crippen LogP contribution in [0.25, 0.3) is 10.1 Å². The lowest BCUT2D eigenvalue weighted by Gasteiger charge is -2.23. The van der Waals surface area contributed by atoms with Gasteiger partial charge < -0.3 is 8.79 Å². The predicted molar refractivity (Wildman–Crippen MR) is 74.9 cm³/mol. The third-order valence-corrected chi connectivity index (χ3v) is 5.49. The average molecular weight is 287 g/mol. The van der Waals surface area contributed by atoms with E-state index in [2.05, 4.69) is 24.3 Å². The first-order chi connectivity index (χ1) is 9.29. The lowest BCUT2D eigenvalue weighted by Crippen LogP contribution is -2.31. The van der Waals surface area contributed by atoms with Crippen molar-refractivity contribution in [3.8, 4) is 0 Å². The van der Waals surface area contributed by atoms with Crippen molar-refractivity contribution in [2.24, 2.45) is 0 Å². The molecular weight excluding hydrogens is 275 g/mol. The number of hydroxylamine groups is 2. The van der Waals surface area contributed by atoms with Crippen LogP contribution >= 0.6 is 11.3 Å². The Morgan fingerprint density at radius 2 is 2.26 bits per heavy atom. The van der Waals surface area contributed by atoms with E-state index in [1.54, 1.807) is 16.4 Å². The molecule has 0 spiro atoms. The van der Waals surface area contributed by atoms with Crippen molar-refractivity contribution < 1.29 is 8.68 Å². The molecule has 0 saturated carbocycles. The van der Waals surface area contributed by atoms with E-state index in [4.69, 9.17) is 3.89 Å². The second-order valence-corrected chi connectivity index (χ2v) is 6.55. The first kappa shape index (κ1) is 11.7. The van der Waals surface area contributed by atoms with E-state index < -0.39 is 0 Å². The minimum atomic E-state index is -0.168. The van der Waals surface area contributed by atoms with E-state index in [1.165, 1.54) is 20.5 Å². The lowest BCUT2D eigenvalue weighted by atomic mass is 10.0. The zero-order valence-electron chi connectivity index (χ0n) is 10.5. The van der Waals surface area contributed by atoms with Crippen molar-refractivity contribution >= 4 is 43.0 Å². The second kappa shape index (κ2) is 4.22. The van der Waals surface area contributed by atoms with E-state index in [0.717, 1.165) is 6.54 Å². The van der Waals surface area contributed by atoms with Crippen molar-refractivity contribution in [3.63, 3.8) is 0 Å². The summed E-state index contributed by atoms with van der Waals surface area (Å²) < 4.78 is 6.92. The first-order valence-corrected chi connectivity index (χ1v) is 8.77. The molecule has 1 fully saturated rings. The Labute approximate surface area is 121 Å². The van der Waals surface area contributed by atoms with Crippen LogP contribution in [-0.4, -0.2) is 38.1 Å². The standard InChI is InChI=1S/C12H9N2O2S.CH3.Al/c15-12-13-5-8-7-3-1-2-4-10(7)17-11(8)9(6-13)14(12)16;;/h1-4,9H,5-6H2;1H3;/q-1;;+1/t9-;;/m0../s1. The summed E-state index contributed by atoms with van der Waals surface area (Å²) in [5.41, 5.74) is 1.31. The number of benzene rings is 1. The van der Waals surface area contributed by atoms with E-state index in [1.807, 2.05) is 10.7 Å². The molecule has 0 N–H and O–H groups in total. The van der Waals surface area contributed by atoms with Crippen molar-refractivity contribution in [1.82, 2.24) is 9.96 Å². The molecule has 6 heteroatoms. The number of hydrogen-bond donors (Lipinski definition) is 0. The normalized spacial score (nSPS) is 21.1. The zero-order chi connectivity index (χ0) is 13.0. The number of fused-ring (bicyclic) bond motifs is 6. The summed E-state index contributed by atoms with van der Waals surface area (Å²) in [4.78, 5) is 15.4. The van der Waals surface area contributed by atoms with Crippen LogP contribution in [0.3, 0.4) is 0 Å². The van der Waals surface area contributed by atoms with Crippen LogP contribution in [0.15, 0.2) is 24.3 Å². The molecule has 1 aromatic heterocycles. The molecule has 2 amide bonds. The third kappa shape index (κ3) is 1.58. The summed E-state index contributed by atoms with van der Waals surface area (Å²) in [6.45, 7) is 1.48. The fourth-order valence-electron chi connectivity index (χ4n) is 2.93. The molecule has 1 saturated heterocycles. The van der Waals surface area contributed by atoms with Crippen LogP contribution in [0, 0.1) is 0 Å². The largest absolute Gasteiger partial charge is 0.465 e. The molecule has 0 aliphatic carbocycles. The Kier molecular flexibility index (Phi) is 2.61. The molecule has 2 aliphatic heterocycles. The third-order valence-electron chi connectivity index (χ3n) is 3.74. The van der Waals surface area contributed by atoms with Crippen LogP contribution in [0.1, 0.15) is 16.5 Å². The van der Waals surface area contributed by atoms with E-state index >= 15 is 0 Å². The predicted octanol–water partition coefficient (Wildman–Crippen LogP) is 2.79. The number of thiophene rings is 1. The van der Waals surface area contributed by atoms with Gasteiger partial charge in [-0.25, -0.2) is 9.86 Å². The minimum absolute atomic E-state index is 0.0202. The minimum Gasteiger partial charge on any atom is -0.411 e. The molecular formula is C13H12AlN2O2S. The molecule has 2 aliphatic rings. The maximum atomic E-state index is 12.2. The van der Waals surface area contributed by atoms with Crippen molar-refractivity contribution in [2.45, 2.75) is 18.4 Å². The molecule has 3 heterocycles. The number of amides is 2. The molecule has 95 valence electrons. The van der Waals surface area contributed by atoms with Gasteiger partial charge >= 0.3 is 21.6 Å². The number of urea groups is 1. The van der Waals surface area contributed by atoms with Crippen molar-refractivity contribution in [1.29, 1.82) is 0 Å². The molecule has 1 aromatic carbocycles. The topological polar surface area (TPSA) is 32.8 Å². The monoisotopic (exact) mass is 287 g/mol. The Morgan fingerprint density at radius 3 is 3.11 bits per heavy atom. The van der Waals surface area contributed by atoms with Gasteiger partial charge in [0.2, 0.25) is 0 Å². The van der Waals surface area contributed by atoms with Gasteiger partial charge in [0.25, 0.3) is 0 Å². The Morgan fingerprint density at radius 1 is 1.42 bits per heavy atom. The number of rotatable bonds is 2. The molecule has 1 radical (unpaired) electrons. The second-order valence-electron chi connectivity index (χ2n) is 4.79. The van der Waals surface area contributed by atoms with Gasteiger partial charge in [0.15, 0.2) is 0 Å². The number of hydrogen-bond acceptors (Lipinski definition) is 3. The fraction of sp³-hybridized carbons (Fsp3) is 0.308. The summed E-state index contributed by atoms with van der Waals surface area (Å²) in [6.07, 6.45) is 0. The van der Waals surface area contributed by atoms with Crippen LogP contribution < -0.4 is 0 Å². The van der Waals surface area contributed by atoms with Gasteiger partial charge in [-0.05, 0) is 17.0 Å². The van der Waals surface area contributed by atoms with E-state index in [0.29, 0.717) is 6.54 Å². The molecule has 0 unspecified atom stereocenters. The quantitative estimate of drug-likeness (QED) is 0.796. The van der Waals surface area contributed by atoms with Crippen molar-refractivity contribution in [2.75, 3.05) is 6.54 Å². The molecule has 2 aromatic rings. The van der Waals surface area contributed by atoms with Gasteiger partial charge in [-0.1, -0.05) is 24.0 Å². The smallest absolute Gasteiger partial charge is 0.411 e. The van der Waals surface area contributed by atoms with Crippen LogP contribution in [0.5, 0.6) is 0 Å². The highest BCUT2D eigenvalue weighted by atomic mass is 32.1. The summed E-state index contributed by atoms with van der Waals surface area (Å²) in [5.74, 6) is 2.00. The highest BCUT2D eigenvalue weighted by Crippen LogP contribution is 2.45. The van der Waals surface area contributed by atoms with E-state index in [-0.39, 0.29) is 27.6 Å². The number of carbonyl (C=O) groups excluding carboxylic acids is 1. The van der Waals surface area contributed by atoms with Gasteiger partial charge in [0.05, 0.1) is 6.54 Å². The maximum absolute atomic E-state index is 12.2. The van der Waals surface area contributed by atoms with Crippen molar-refractivity contribution in [3.05, 3.63) is 34.7 Å². The van der Waals surface area contributed by atoms with Crippen LogP contribution in [0.4, 0.5) is 4.79 Å². The van der Waals surface area contributed by atoms with Crippen LogP contribution in [0.2, 0.25) is 5.79 Å². The Bertz CT molecular complexity index is 672. The van der Waals surface area contributed by atoms with Gasteiger partial charge in [-0.2, -0.15) is 0 Å². The first-order valence-electron chi connectivity index (χ1n) is 6.32. The number of nitrogens with zero attached hydrogens (tertiary/aromatic N) is 2. The van der Waals surface area contributed by atoms with E-state index in [9.17, 15) is 4.79 Å². The summed E-state index contributed by atoms with van der Waals surface area (Å²) in [7, 11) is 0. The molecule has 4 rings (SSSR count). The Hall–Kier alpha value is -1.06. The molecule has 2 bridgehead atoms. The van der Waals surface area contributed by atoms with Crippen LogP contribution in [-0.2, 0) is 10.4 Å². The number of carbonyl (C=O) groups is 1.